The highest BCUT2D eigenvalue weighted by molar-refractivity contribution is 14.1. The maximum Gasteiger partial charge on any atom is 0.416 e. The largest absolute Gasteiger partial charge is 0.416 e. The number of hydrogen-bond acceptors (Lipinski definition) is 9. The SMILES string of the molecule is COCn1cc(C=NS(=O)(=O)c2ccc(C(F)(F)F)cc2)c(I)n1.COCn1cc(C=O)c(I)n1.NS(=O)(=O)c1ccc(C(F)(F)F)cc1. The molecule has 2 aromatic carbocycles. The second-order valence-corrected chi connectivity index (χ2v) is 14.3. The lowest BCUT2D eigenvalue weighted by molar-refractivity contribution is -0.138. The number of nitrogens with two attached hydrogens (primary N) is 1. The summed E-state index contributed by atoms with van der Waals surface area (Å²) in [6.07, 6.45) is -3.95. The smallest absolute Gasteiger partial charge is 0.362 e. The number of rotatable bonds is 9. The fourth-order valence-corrected chi connectivity index (χ4v) is 5.69. The standard InChI is InChI=1S/C13H11F3IN3O3S.C7H6F3NO2S.C6H7IN2O2/c1-23-8-20-7-9(12(17)19-20)6-18-24(21,22)11-4-2-10(3-5-11)13(14,15)16;8-7(9,10)5-1-3-6(4-2-5)14(11,12)13;1-11-4-9-2-5(3-10)6(7)8-9/h2-7H,8H2,1H3;1-4H,(H2,11,12,13);2-3H,4H2,1H3. The van der Waals surface area contributed by atoms with Crippen LogP contribution in [0.4, 0.5) is 26.3 Å². The van der Waals surface area contributed by atoms with E-state index in [2.05, 4.69) is 14.6 Å². The second kappa shape index (κ2) is 17.8. The van der Waals surface area contributed by atoms with Crippen LogP contribution in [0.3, 0.4) is 0 Å². The van der Waals surface area contributed by atoms with E-state index in [9.17, 15) is 48.0 Å². The van der Waals surface area contributed by atoms with E-state index in [-0.39, 0.29) is 16.5 Å². The van der Waals surface area contributed by atoms with Gasteiger partial charge in [-0.05, 0) is 93.7 Å². The minimum Gasteiger partial charge on any atom is -0.362 e. The summed E-state index contributed by atoms with van der Waals surface area (Å²) in [5, 5.41) is 12.8. The number of carbonyl (C=O) groups excluding carboxylic acids is 1. The summed E-state index contributed by atoms with van der Waals surface area (Å²) < 4.78 is 137. The van der Waals surface area contributed by atoms with E-state index in [1.54, 1.807) is 18.0 Å². The van der Waals surface area contributed by atoms with E-state index in [4.69, 9.17) is 14.6 Å². The zero-order valence-corrected chi connectivity index (χ0v) is 30.8. The van der Waals surface area contributed by atoms with Gasteiger partial charge in [0.25, 0.3) is 10.0 Å². The normalized spacial score (nSPS) is 12.2. The molecule has 49 heavy (non-hydrogen) atoms. The molecule has 13 nitrogen and oxygen atoms in total. The number of alkyl halides is 6. The average Bonchev–Trinajstić information content (AvgIpc) is 3.56. The maximum atomic E-state index is 12.5. The van der Waals surface area contributed by atoms with Crippen molar-refractivity contribution < 1.29 is 57.4 Å². The van der Waals surface area contributed by atoms with Gasteiger partial charge in [0.1, 0.15) is 20.9 Å². The van der Waals surface area contributed by atoms with Gasteiger partial charge in [-0.2, -0.15) is 49.4 Å². The van der Waals surface area contributed by atoms with Gasteiger partial charge in [-0.1, -0.05) is 0 Å². The topological polar surface area (TPSA) is 178 Å². The number of primary sulfonamides is 1. The maximum absolute atomic E-state index is 12.5. The van der Waals surface area contributed by atoms with Gasteiger partial charge < -0.3 is 9.47 Å². The van der Waals surface area contributed by atoms with Gasteiger partial charge in [-0.15, -0.1) is 0 Å². The summed E-state index contributed by atoms with van der Waals surface area (Å²) in [6.45, 7) is 0.569. The zero-order valence-electron chi connectivity index (χ0n) is 24.9. The fraction of sp³-hybridized carbons (Fsp3) is 0.231. The summed E-state index contributed by atoms with van der Waals surface area (Å²) in [4.78, 5) is 9.68. The Hall–Kier alpha value is -2.98. The molecule has 0 saturated carbocycles. The molecule has 4 aromatic rings. The van der Waals surface area contributed by atoms with Crippen LogP contribution in [0.5, 0.6) is 0 Å². The van der Waals surface area contributed by atoms with Gasteiger partial charge in [0.05, 0.1) is 32.7 Å². The molecule has 0 aliphatic heterocycles. The molecule has 23 heteroatoms. The first kappa shape index (κ1) is 42.2. The molecule has 0 unspecified atom stereocenters. The summed E-state index contributed by atoms with van der Waals surface area (Å²) in [5.41, 5.74) is -0.795. The monoisotopic (exact) mass is 964 g/mol. The Labute approximate surface area is 302 Å². The van der Waals surface area contributed by atoms with Crippen molar-refractivity contribution in [3.63, 3.8) is 0 Å². The Kier molecular flexibility index (Phi) is 15.3. The molecule has 268 valence electrons. The molecule has 0 spiro atoms. The number of sulfonamides is 2. The first-order valence-corrected chi connectivity index (χ1v) is 17.8. The van der Waals surface area contributed by atoms with Crippen molar-refractivity contribution in [1.82, 2.24) is 19.6 Å². The van der Waals surface area contributed by atoms with Gasteiger partial charge in [0, 0.05) is 32.2 Å². The molecular weight excluding hydrogens is 940 g/mol. The molecule has 0 radical (unpaired) electrons. The van der Waals surface area contributed by atoms with Crippen LogP contribution >= 0.6 is 45.2 Å². The van der Waals surface area contributed by atoms with Crippen molar-refractivity contribution in [1.29, 1.82) is 0 Å². The lowest BCUT2D eigenvalue weighted by Gasteiger charge is -2.06. The Morgan fingerprint density at radius 2 is 1.14 bits per heavy atom. The predicted molar refractivity (Wildman–Crippen MR) is 178 cm³/mol. The van der Waals surface area contributed by atoms with E-state index in [0.29, 0.717) is 49.5 Å². The van der Waals surface area contributed by atoms with Crippen LogP contribution < -0.4 is 5.14 Å². The Bertz CT molecular complexity index is 1950. The molecule has 0 amide bonds. The molecule has 2 heterocycles. The van der Waals surface area contributed by atoms with Crippen molar-refractivity contribution in [2.24, 2.45) is 9.54 Å². The van der Waals surface area contributed by atoms with Gasteiger partial charge in [0.2, 0.25) is 10.0 Å². The lowest BCUT2D eigenvalue weighted by Crippen LogP contribution is -2.12. The fourth-order valence-electron chi connectivity index (χ4n) is 3.23. The lowest BCUT2D eigenvalue weighted by atomic mass is 10.2. The number of nitrogens with zero attached hydrogens (tertiary/aromatic N) is 5. The van der Waals surface area contributed by atoms with Crippen LogP contribution in [-0.4, -0.2) is 63.1 Å². The molecule has 0 saturated heterocycles. The highest BCUT2D eigenvalue weighted by Gasteiger charge is 2.31. The highest BCUT2D eigenvalue weighted by Crippen LogP contribution is 2.30. The van der Waals surface area contributed by atoms with Gasteiger partial charge in [-0.3, -0.25) is 4.79 Å². The summed E-state index contributed by atoms with van der Waals surface area (Å²) in [7, 11) is -4.98. The zero-order chi connectivity index (χ0) is 37.2. The van der Waals surface area contributed by atoms with Gasteiger partial charge >= 0.3 is 12.4 Å². The van der Waals surface area contributed by atoms with Crippen molar-refractivity contribution >= 4 is 77.7 Å². The number of carbonyl (C=O) groups is 1. The summed E-state index contributed by atoms with van der Waals surface area (Å²) in [5.74, 6) is 0. The summed E-state index contributed by atoms with van der Waals surface area (Å²) in [6, 6.07) is 6.10. The van der Waals surface area contributed by atoms with Gasteiger partial charge in [0.15, 0.2) is 6.29 Å². The number of aldehydes is 1. The Morgan fingerprint density at radius 3 is 1.49 bits per heavy atom. The molecule has 0 bridgehead atoms. The third-order valence-electron chi connectivity index (χ3n) is 5.46. The number of benzene rings is 2. The average molecular weight is 964 g/mol. The molecule has 4 rings (SSSR count). The first-order valence-electron chi connectivity index (χ1n) is 12.7. The van der Waals surface area contributed by atoms with E-state index in [0.717, 1.165) is 36.8 Å². The minimum atomic E-state index is -4.53. The van der Waals surface area contributed by atoms with Crippen LogP contribution in [0.15, 0.2) is 75.1 Å². The first-order chi connectivity index (χ1) is 22.6. The van der Waals surface area contributed by atoms with Crippen molar-refractivity contribution in [3.8, 4) is 0 Å². The van der Waals surface area contributed by atoms with Crippen LogP contribution in [0, 0.1) is 7.40 Å². The predicted octanol–water partition coefficient (Wildman–Crippen LogP) is 5.18. The van der Waals surface area contributed by atoms with Crippen molar-refractivity contribution in [2.45, 2.75) is 35.6 Å². The number of ether oxygens (including phenoxy) is 2. The number of aromatic nitrogens is 4. The molecule has 0 atom stereocenters. The van der Waals surface area contributed by atoms with Gasteiger partial charge in [-0.25, -0.2) is 22.9 Å². The molecular formula is C26H24F6I2N6O7S2. The van der Waals surface area contributed by atoms with Crippen LogP contribution in [0.1, 0.15) is 27.0 Å². The molecule has 0 aliphatic rings. The van der Waals surface area contributed by atoms with Crippen molar-refractivity contribution in [2.75, 3.05) is 14.2 Å². The van der Waals surface area contributed by atoms with Crippen molar-refractivity contribution in [3.05, 3.63) is 90.6 Å². The Balaban J connectivity index is 0.000000282. The van der Waals surface area contributed by atoms with E-state index >= 15 is 0 Å². The Morgan fingerprint density at radius 1 is 0.755 bits per heavy atom. The third kappa shape index (κ3) is 13.3. The van der Waals surface area contributed by atoms with E-state index in [1.165, 1.54) is 18.0 Å². The highest BCUT2D eigenvalue weighted by atomic mass is 127. The third-order valence-corrected chi connectivity index (χ3v) is 9.31. The van der Waals surface area contributed by atoms with Crippen LogP contribution in [0.2, 0.25) is 0 Å². The molecule has 0 fully saturated rings. The van der Waals surface area contributed by atoms with Crippen LogP contribution in [0.25, 0.3) is 0 Å². The number of methoxy groups -OCH3 is 2. The number of halogens is 8. The summed E-state index contributed by atoms with van der Waals surface area (Å²) >= 11 is 3.90. The number of hydrogen-bond donors (Lipinski definition) is 1. The quantitative estimate of drug-likeness (QED) is 0.103. The molecule has 0 aliphatic carbocycles. The second-order valence-electron chi connectivity index (χ2n) is 9.08. The molecule has 2 N–H and O–H groups in total. The minimum absolute atomic E-state index is 0.190. The van der Waals surface area contributed by atoms with E-state index < -0.39 is 43.5 Å². The molecule has 2 aromatic heterocycles. The van der Waals surface area contributed by atoms with Crippen LogP contribution in [-0.2, 0) is 55.3 Å². The van der Waals surface area contributed by atoms with E-state index in [1.807, 2.05) is 45.2 Å².